The van der Waals surface area contributed by atoms with Crippen molar-refractivity contribution in [2.75, 3.05) is 139 Å². The molecule has 0 spiro atoms. The molecule has 0 radical (unpaired) electrons. The van der Waals surface area contributed by atoms with E-state index in [2.05, 4.69) is 43.0 Å². The molecule has 4 rings (SSSR count). The van der Waals surface area contributed by atoms with Crippen LogP contribution in [0.25, 0.3) is 0 Å². The van der Waals surface area contributed by atoms with Gasteiger partial charge in [-0.05, 0) is 83.9 Å². The molecule has 0 aromatic heterocycles. The summed E-state index contributed by atoms with van der Waals surface area (Å²) in [6, 6.07) is 10.4. The van der Waals surface area contributed by atoms with Gasteiger partial charge in [0, 0.05) is 90.2 Å². The first-order valence-electron chi connectivity index (χ1n) is 24.9. The highest BCUT2D eigenvalue weighted by Crippen LogP contribution is 2.39. The van der Waals surface area contributed by atoms with Gasteiger partial charge in [0.25, 0.3) is 11.8 Å². The number of halogens is 4. The number of nitrogens with one attached hydrogen (secondary N) is 4. The molecule has 434 valence electrons. The summed E-state index contributed by atoms with van der Waals surface area (Å²) in [5, 5.41) is 27.6. The molecule has 2 amide bonds. The van der Waals surface area contributed by atoms with Crippen molar-refractivity contribution >= 4 is 78.3 Å². The minimum absolute atomic E-state index is 0.0101. The number of ether oxygens (including phenoxy) is 6. The van der Waals surface area contributed by atoms with Crippen LogP contribution in [0.5, 0.6) is 0 Å². The lowest BCUT2D eigenvalue weighted by molar-refractivity contribution is -0.146. The lowest BCUT2D eigenvalue weighted by Crippen LogP contribution is -2.50. The largest absolute Gasteiger partial charge is 0.380 e. The molecular weight excluding hydrogens is 1140 g/mol. The molecule has 2 aromatic rings. The summed E-state index contributed by atoms with van der Waals surface area (Å²) < 4.78 is 88.6. The average Bonchev–Trinajstić information content (AvgIpc) is 3.45. The zero-order valence-electron chi connectivity index (χ0n) is 43.8. The second-order valence-corrected chi connectivity index (χ2v) is 22.9. The molecule has 2 aliphatic rings. The van der Waals surface area contributed by atoms with E-state index in [0.29, 0.717) is 41.3 Å². The molecule has 3 unspecified atom stereocenters. The van der Waals surface area contributed by atoms with E-state index in [9.17, 15) is 36.6 Å². The number of aliphatic hydroxyl groups excluding tert-OH is 2. The molecule has 2 heterocycles. The SMILES string of the molecule is C=C(Cl)C1=C(/C=C/Cl)[C@H](C(=C)/C=C\C=C\S(=O)(=O)NCCOCCOCCOCCNC(=O)C(O)C(O)C(=O)NCCOCCOCCOCCNS(=O)(=O)c2cccc(C3CN(C)Cc4c(Cl)cc(Cl)cc43)c2)CN(C)C1. The van der Waals surface area contributed by atoms with Crippen molar-refractivity contribution in [2.24, 2.45) is 5.92 Å². The van der Waals surface area contributed by atoms with Crippen LogP contribution in [0.3, 0.4) is 0 Å². The van der Waals surface area contributed by atoms with Crippen LogP contribution in [0.4, 0.5) is 0 Å². The third kappa shape index (κ3) is 23.5. The number of amides is 2. The molecule has 2 aliphatic heterocycles. The van der Waals surface area contributed by atoms with Gasteiger partial charge in [0.1, 0.15) is 0 Å². The van der Waals surface area contributed by atoms with Gasteiger partial charge in [-0.1, -0.05) is 83.8 Å². The van der Waals surface area contributed by atoms with Crippen molar-refractivity contribution in [2.45, 2.75) is 29.6 Å². The Hall–Kier alpha value is -3.60. The first kappa shape index (κ1) is 66.9. The van der Waals surface area contributed by atoms with Gasteiger partial charge in [-0.15, -0.1) is 0 Å². The van der Waals surface area contributed by atoms with E-state index in [1.807, 2.05) is 26.2 Å². The van der Waals surface area contributed by atoms with E-state index in [1.165, 1.54) is 11.6 Å². The number of hydrogen-bond acceptors (Lipinski definition) is 16. The van der Waals surface area contributed by atoms with Gasteiger partial charge in [0.2, 0.25) is 20.0 Å². The number of aliphatic hydroxyl groups is 2. The van der Waals surface area contributed by atoms with E-state index < -0.39 is 44.1 Å². The molecule has 0 fully saturated rings. The van der Waals surface area contributed by atoms with E-state index in [1.54, 1.807) is 42.5 Å². The highest BCUT2D eigenvalue weighted by molar-refractivity contribution is 7.92. The maximum Gasteiger partial charge on any atom is 0.252 e. The molecule has 26 heteroatoms. The fraction of sp³-hybridized carbons (Fsp3) is 0.500. The van der Waals surface area contributed by atoms with Crippen molar-refractivity contribution in [3.63, 3.8) is 0 Å². The lowest BCUT2D eigenvalue weighted by Gasteiger charge is -2.33. The quantitative estimate of drug-likeness (QED) is 0.0416. The number of rotatable bonds is 37. The smallest absolute Gasteiger partial charge is 0.252 e. The number of hydrogen-bond donors (Lipinski definition) is 6. The Morgan fingerprint density at radius 1 is 0.731 bits per heavy atom. The van der Waals surface area contributed by atoms with Crippen LogP contribution in [0.2, 0.25) is 10.0 Å². The number of nitrogens with zero attached hydrogens (tertiary/aromatic N) is 2. The topological polar surface area (TPSA) is 253 Å². The lowest BCUT2D eigenvalue weighted by atomic mass is 9.84. The Kier molecular flexibility index (Phi) is 30.3. The predicted octanol–water partition coefficient (Wildman–Crippen LogP) is 3.81. The maximum atomic E-state index is 13.1. The summed E-state index contributed by atoms with van der Waals surface area (Å²) >= 11 is 24.9. The summed E-state index contributed by atoms with van der Waals surface area (Å²) in [6.45, 7) is 12.7. The Morgan fingerprint density at radius 3 is 1.81 bits per heavy atom. The van der Waals surface area contributed by atoms with Gasteiger partial charge < -0.3 is 59.1 Å². The van der Waals surface area contributed by atoms with Gasteiger partial charge in [0.05, 0.1) is 84.2 Å². The first-order chi connectivity index (χ1) is 37.2. The fourth-order valence-corrected chi connectivity index (χ4v) is 10.8. The van der Waals surface area contributed by atoms with E-state index in [4.69, 9.17) is 74.8 Å². The third-order valence-electron chi connectivity index (χ3n) is 11.9. The van der Waals surface area contributed by atoms with E-state index >= 15 is 0 Å². The molecule has 78 heavy (non-hydrogen) atoms. The van der Waals surface area contributed by atoms with Crippen LogP contribution in [-0.4, -0.2) is 200 Å². The Labute approximate surface area is 478 Å². The second kappa shape index (κ2) is 35.3. The number of sulfonamides is 2. The van der Waals surface area contributed by atoms with Gasteiger partial charge in [-0.2, -0.15) is 0 Å². The second-order valence-electron chi connectivity index (χ2n) is 17.9. The van der Waals surface area contributed by atoms with Crippen molar-refractivity contribution in [3.05, 3.63) is 133 Å². The number of carbonyl (C=O) groups excluding carboxylic acids is 2. The molecule has 0 saturated heterocycles. The first-order valence-corrected chi connectivity index (χ1v) is 29.5. The fourth-order valence-electron chi connectivity index (χ4n) is 8.07. The van der Waals surface area contributed by atoms with Crippen LogP contribution in [0.1, 0.15) is 22.6 Å². The third-order valence-corrected chi connectivity index (χ3v) is 15.4. The average molecular weight is 1210 g/mol. The van der Waals surface area contributed by atoms with Gasteiger partial charge in [-0.25, -0.2) is 26.3 Å². The summed E-state index contributed by atoms with van der Waals surface area (Å²) in [5.74, 6) is -2.16. The monoisotopic (exact) mass is 1210 g/mol. The molecule has 0 saturated carbocycles. The Morgan fingerprint density at radius 2 is 1.26 bits per heavy atom. The highest BCUT2D eigenvalue weighted by Gasteiger charge is 2.31. The van der Waals surface area contributed by atoms with E-state index in [-0.39, 0.29) is 122 Å². The predicted molar refractivity (Wildman–Crippen MR) is 302 cm³/mol. The zero-order chi connectivity index (χ0) is 57.1. The number of likely N-dealkylation sites (N-methyl/N-ethyl adjacent to an activating group) is 2. The number of allylic oxidation sites excluding steroid dienone is 4. The van der Waals surface area contributed by atoms with Gasteiger partial charge >= 0.3 is 0 Å². The summed E-state index contributed by atoms with van der Waals surface area (Å²) in [6.07, 6.45) is 2.46. The number of carbonyl (C=O) groups is 2. The van der Waals surface area contributed by atoms with Gasteiger partial charge in [0.15, 0.2) is 12.2 Å². The molecule has 20 nitrogen and oxygen atoms in total. The molecule has 6 N–H and O–H groups in total. The van der Waals surface area contributed by atoms with E-state index in [0.717, 1.165) is 38.8 Å². The molecule has 0 bridgehead atoms. The van der Waals surface area contributed by atoms with Gasteiger partial charge in [-0.3, -0.25) is 9.59 Å². The van der Waals surface area contributed by atoms with Crippen molar-refractivity contribution in [3.8, 4) is 0 Å². The summed E-state index contributed by atoms with van der Waals surface area (Å²) in [4.78, 5) is 28.9. The normalized spacial score (nSPS) is 17.5. The summed E-state index contributed by atoms with van der Waals surface area (Å²) in [7, 11) is -3.59. The molecule has 0 aliphatic carbocycles. The maximum absolute atomic E-state index is 13.1. The van der Waals surface area contributed by atoms with Crippen LogP contribution in [0, 0.1) is 5.92 Å². The minimum atomic E-state index is -3.82. The molecule has 2 aromatic carbocycles. The zero-order valence-corrected chi connectivity index (χ0v) is 48.5. The van der Waals surface area contributed by atoms with Crippen LogP contribution >= 0.6 is 46.4 Å². The van der Waals surface area contributed by atoms with Crippen LogP contribution in [-0.2, 0) is 64.6 Å². The Balaban J connectivity index is 0.934. The highest BCUT2D eigenvalue weighted by atomic mass is 35.5. The Bertz CT molecular complexity index is 2640. The standard InChI is InChI=1S/C52H72Cl4N6O14S2/c1-37(44-33-61(3)34-45(38(2)54)42(44)11-12-53)8-5-6-29-77(67,68)59-15-19-73-23-27-75-25-21-71-17-13-57-51(65)49(63)50(64)52(66)58-14-18-72-22-26-76-28-24-74-20-16-60-78(69,70)41-10-7-9-39(30-41)46-35-62(4)36-47-43(46)31-40(55)32-48(47)56/h5-12,29-32,44,46,49-50,59-60,63-64H,1-2,13-28,33-36H2,3-4H3,(H,57,65)(H,58,66)/b8-5-,12-11+,29-6+/t44-,46?,49?,50?/m0/s1. The van der Waals surface area contributed by atoms with Crippen molar-refractivity contribution < 1.29 is 65.1 Å². The number of fused-ring (bicyclic) bond motifs is 1. The van der Waals surface area contributed by atoms with Crippen molar-refractivity contribution in [1.82, 2.24) is 29.9 Å². The van der Waals surface area contributed by atoms with Crippen LogP contribution < -0.4 is 20.1 Å². The minimum Gasteiger partial charge on any atom is -0.380 e. The molecule has 4 atom stereocenters. The van der Waals surface area contributed by atoms with Crippen LogP contribution in [0.15, 0.2) is 111 Å². The molecular formula is C52H72Cl4N6O14S2. The summed E-state index contributed by atoms with van der Waals surface area (Å²) in [5.41, 5.74) is 6.73. The van der Waals surface area contributed by atoms with Crippen molar-refractivity contribution in [1.29, 1.82) is 0 Å². The number of benzene rings is 2.